The van der Waals surface area contributed by atoms with E-state index in [4.69, 9.17) is 4.74 Å². The minimum Gasteiger partial charge on any atom is -0.377 e. The van der Waals surface area contributed by atoms with E-state index in [1.54, 1.807) is 7.11 Å². The van der Waals surface area contributed by atoms with Gasteiger partial charge in [-0.1, -0.05) is 0 Å². The van der Waals surface area contributed by atoms with Crippen molar-refractivity contribution in [1.29, 1.82) is 0 Å². The molecular formula is C10H19NO2. The van der Waals surface area contributed by atoms with Crippen LogP contribution in [-0.4, -0.2) is 36.6 Å². The largest absolute Gasteiger partial charge is 0.377 e. The van der Waals surface area contributed by atoms with Gasteiger partial charge in [-0.15, -0.1) is 0 Å². The van der Waals surface area contributed by atoms with Gasteiger partial charge in [-0.2, -0.15) is 0 Å². The van der Waals surface area contributed by atoms with Crippen LogP contribution in [0.4, 0.5) is 0 Å². The first-order valence-corrected chi connectivity index (χ1v) is 4.88. The Kier molecular flexibility index (Phi) is 3.31. The molecule has 0 spiro atoms. The quantitative estimate of drug-likeness (QED) is 0.665. The molecule has 1 heterocycles. The van der Waals surface area contributed by atoms with Crippen LogP contribution in [0.1, 0.15) is 33.1 Å². The molecule has 3 heteroatoms. The summed E-state index contributed by atoms with van der Waals surface area (Å²) in [4.78, 5) is 13.4. The van der Waals surface area contributed by atoms with Crippen molar-refractivity contribution < 1.29 is 9.53 Å². The number of amides is 1. The van der Waals surface area contributed by atoms with Gasteiger partial charge in [-0.25, -0.2) is 0 Å². The summed E-state index contributed by atoms with van der Waals surface area (Å²) in [6, 6.07) is 0. The molecule has 76 valence electrons. The summed E-state index contributed by atoms with van der Waals surface area (Å²) in [6.07, 6.45) is 2.88. The zero-order valence-electron chi connectivity index (χ0n) is 8.80. The van der Waals surface area contributed by atoms with Gasteiger partial charge >= 0.3 is 0 Å². The fourth-order valence-electron chi connectivity index (χ4n) is 1.55. The van der Waals surface area contributed by atoms with Gasteiger partial charge in [0, 0.05) is 26.6 Å². The maximum Gasteiger partial charge on any atom is 0.222 e. The third-order valence-electron chi connectivity index (χ3n) is 2.55. The number of likely N-dealkylation sites (tertiary alicyclic amines) is 1. The van der Waals surface area contributed by atoms with E-state index in [2.05, 4.69) is 0 Å². The number of hydrogen-bond donors (Lipinski definition) is 0. The van der Waals surface area contributed by atoms with Crippen molar-refractivity contribution in [2.75, 3.05) is 20.2 Å². The molecule has 13 heavy (non-hydrogen) atoms. The lowest BCUT2D eigenvalue weighted by molar-refractivity contribution is -0.137. The maximum absolute atomic E-state index is 11.5. The summed E-state index contributed by atoms with van der Waals surface area (Å²) in [6.45, 7) is 5.62. The number of methoxy groups -OCH3 is 1. The molecule has 0 atom stereocenters. The summed E-state index contributed by atoms with van der Waals surface area (Å²) >= 11 is 0. The predicted molar refractivity (Wildman–Crippen MR) is 51.5 cm³/mol. The lowest BCUT2D eigenvalue weighted by Gasteiger charge is -2.34. The minimum atomic E-state index is -0.215. The van der Waals surface area contributed by atoms with E-state index in [0.717, 1.165) is 19.4 Å². The van der Waals surface area contributed by atoms with Crippen molar-refractivity contribution in [1.82, 2.24) is 4.90 Å². The van der Waals surface area contributed by atoms with E-state index in [-0.39, 0.29) is 11.5 Å². The summed E-state index contributed by atoms with van der Waals surface area (Å²) in [5, 5.41) is 0. The highest BCUT2D eigenvalue weighted by molar-refractivity contribution is 5.76. The first-order valence-electron chi connectivity index (χ1n) is 4.88. The zero-order valence-corrected chi connectivity index (χ0v) is 8.80. The molecular weight excluding hydrogens is 166 g/mol. The summed E-state index contributed by atoms with van der Waals surface area (Å²) in [7, 11) is 1.69. The highest BCUT2D eigenvalue weighted by Gasteiger charge is 2.25. The Bertz CT molecular complexity index is 189. The average Bonchev–Trinajstić information content (AvgIpc) is 2.09. The predicted octanol–water partition coefficient (Wildman–Crippen LogP) is 1.42. The Hall–Kier alpha value is -0.570. The Balaban J connectivity index is 2.47. The van der Waals surface area contributed by atoms with Crippen LogP contribution >= 0.6 is 0 Å². The van der Waals surface area contributed by atoms with Crippen molar-refractivity contribution in [3.63, 3.8) is 0 Å². The molecule has 1 fully saturated rings. The number of rotatable bonds is 3. The molecule has 1 saturated heterocycles. The van der Waals surface area contributed by atoms with Crippen molar-refractivity contribution in [3.8, 4) is 0 Å². The van der Waals surface area contributed by atoms with Gasteiger partial charge in [0.25, 0.3) is 0 Å². The van der Waals surface area contributed by atoms with E-state index >= 15 is 0 Å². The molecule has 0 aliphatic carbocycles. The number of carbonyl (C=O) groups excluding carboxylic acids is 1. The van der Waals surface area contributed by atoms with E-state index in [0.29, 0.717) is 13.0 Å². The number of carbonyl (C=O) groups is 1. The van der Waals surface area contributed by atoms with Crippen LogP contribution in [0.3, 0.4) is 0 Å². The lowest BCUT2D eigenvalue weighted by Crippen LogP contribution is -2.45. The smallest absolute Gasteiger partial charge is 0.222 e. The maximum atomic E-state index is 11.5. The topological polar surface area (TPSA) is 29.5 Å². The van der Waals surface area contributed by atoms with Crippen LogP contribution in [0.2, 0.25) is 0 Å². The molecule has 1 aliphatic rings. The highest BCUT2D eigenvalue weighted by Crippen LogP contribution is 2.16. The van der Waals surface area contributed by atoms with Crippen molar-refractivity contribution in [2.24, 2.45) is 0 Å². The van der Waals surface area contributed by atoms with Gasteiger partial charge in [0.15, 0.2) is 0 Å². The summed E-state index contributed by atoms with van der Waals surface area (Å²) in [5.74, 6) is 0.274. The minimum absolute atomic E-state index is 0.215. The van der Waals surface area contributed by atoms with Crippen LogP contribution in [-0.2, 0) is 9.53 Å². The van der Waals surface area contributed by atoms with Crippen LogP contribution in [0.25, 0.3) is 0 Å². The Morgan fingerprint density at radius 2 is 2.15 bits per heavy atom. The normalized spacial score (nSPS) is 19.3. The van der Waals surface area contributed by atoms with Gasteiger partial charge in [0.2, 0.25) is 5.91 Å². The number of piperidine rings is 1. The van der Waals surface area contributed by atoms with E-state index in [1.807, 2.05) is 18.7 Å². The van der Waals surface area contributed by atoms with Gasteiger partial charge in [0.1, 0.15) is 0 Å². The molecule has 0 aromatic rings. The Morgan fingerprint density at radius 3 is 2.69 bits per heavy atom. The fourth-order valence-corrected chi connectivity index (χ4v) is 1.55. The second-order valence-electron chi connectivity index (χ2n) is 4.24. The van der Waals surface area contributed by atoms with E-state index in [1.165, 1.54) is 0 Å². The Labute approximate surface area is 80.1 Å². The van der Waals surface area contributed by atoms with Gasteiger partial charge < -0.3 is 9.64 Å². The molecule has 1 amide bonds. The molecule has 0 bridgehead atoms. The third kappa shape index (κ3) is 2.99. The van der Waals surface area contributed by atoms with Gasteiger partial charge in [0.05, 0.1) is 5.60 Å². The SMILES string of the molecule is COC(C)(C)CN1CCCCC1=O. The first kappa shape index (κ1) is 10.5. The van der Waals surface area contributed by atoms with Crippen LogP contribution < -0.4 is 0 Å². The zero-order chi connectivity index (χ0) is 9.90. The number of ether oxygens (including phenoxy) is 1. The lowest BCUT2D eigenvalue weighted by atomic mass is 10.1. The monoisotopic (exact) mass is 185 g/mol. The fraction of sp³-hybridized carbons (Fsp3) is 0.900. The molecule has 0 aromatic carbocycles. The van der Waals surface area contributed by atoms with Gasteiger partial charge in [-0.05, 0) is 26.7 Å². The summed E-state index contributed by atoms with van der Waals surface area (Å²) in [5.41, 5.74) is -0.215. The van der Waals surface area contributed by atoms with E-state index in [9.17, 15) is 4.79 Å². The van der Waals surface area contributed by atoms with Crippen molar-refractivity contribution >= 4 is 5.91 Å². The van der Waals surface area contributed by atoms with Gasteiger partial charge in [-0.3, -0.25) is 4.79 Å². The molecule has 1 rings (SSSR count). The third-order valence-corrected chi connectivity index (χ3v) is 2.55. The molecule has 0 unspecified atom stereocenters. The second-order valence-corrected chi connectivity index (χ2v) is 4.24. The molecule has 3 nitrogen and oxygen atoms in total. The molecule has 0 N–H and O–H groups in total. The van der Waals surface area contributed by atoms with Crippen molar-refractivity contribution in [2.45, 2.75) is 38.7 Å². The number of nitrogens with zero attached hydrogens (tertiary/aromatic N) is 1. The number of hydrogen-bond acceptors (Lipinski definition) is 2. The molecule has 0 aromatic heterocycles. The van der Waals surface area contributed by atoms with Crippen LogP contribution in [0.5, 0.6) is 0 Å². The second kappa shape index (κ2) is 4.09. The van der Waals surface area contributed by atoms with Crippen LogP contribution in [0.15, 0.2) is 0 Å². The average molecular weight is 185 g/mol. The van der Waals surface area contributed by atoms with Crippen molar-refractivity contribution in [3.05, 3.63) is 0 Å². The van der Waals surface area contributed by atoms with E-state index < -0.39 is 0 Å². The molecule has 0 radical (unpaired) electrons. The standard InChI is InChI=1S/C10H19NO2/c1-10(2,13-3)8-11-7-5-4-6-9(11)12/h4-8H2,1-3H3. The molecule has 0 saturated carbocycles. The molecule has 1 aliphatic heterocycles. The Morgan fingerprint density at radius 1 is 1.46 bits per heavy atom. The summed E-state index contributed by atoms with van der Waals surface area (Å²) < 4.78 is 5.29. The van der Waals surface area contributed by atoms with Crippen LogP contribution in [0, 0.1) is 0 Å². The first-order chi connectivity index (χ1) is 6.05. The highest BCUT2D eigenvalue weighted by atomic mass is 16.5.